The van der Waals surface area contributed by atoms with Gasteiger partial charge in [-0.25, -0.2) is 0 Å². The van der Waals surface area contributed by atoms with Crippen LogP contribution in [0.3, 0.4) is 0 Å². The summed E-state index contributed by atoms with van der Waals surface area (Å²) in [6.45, 7) is 14.8. The second kappa shape index (κ2) is 7.58. The van der Waals surface area contributed by atoms with Crippen molar-refractivity contribution in [3.8, 4) is 0 Å². The van der Waals surface area contributed by atoms with Gasteiger partial charge in [-0.3, -0.25) is 9.34 Å². The molecule has 0 saturated heterocycles. The SMILES string of the molecule is CCN(CC)P(c1ccc2c(c1)CCN2C)N(CC)CC. The topological polar surface area (TPSA) is 9.72 Å². The molecule has 0 aromatic heterocycles. The molecular weight excluding hydrogens is 277 g/mol. The third kappa shape index (κ3) is 3.41. The van der Waals surface area contributed by atoms with Crippen LogP contribution in [0.15, 0.2) is 18.2 Å². The van der Waals surface area contributed by atoms with Gasteiger partial charge in [-0.1, -0.05) is 27.7 Å². The molecule has 0 unspecified atom stereocenters. The van der Waals surface area contributed by atoms with Crippen LogP contribution in [0.5, 0.6) is 0 Å². The number of anilines is 1. The molecule has 0 amide bonds. The normalized spacial score (nSPS) is 14.6. The Morgan fingerprint density at radius 3 is 2.10 bits per heavy atom. The molecule has 0 N–H and O–H groups in total. The Balaban J connectivity index is 2.36. The van der Waals surface area contributed by atoms with Gasteiger partial charge in [-0.15, -0.1) is 0 Å². The average molecular weight is 307 g/mol. The summed E-state index contributed by atoms with van der Waals surface area (Å²) in [5.74, 6) is 0. The van der Waals surface area contributed by atoms with Crippen molar-refractivity contribution in [1.29, 1.82) is 0 Å². The molecule has 0 spiro atoms. The number of nitrogens with zero attached hydrogens (tertiary/aromatic N) is 3. The van der Waals surface area contributed by atoms with Gasteiger partial charge in [0.05, 0.1) is 8.22 Å². The molecular formula is C17H30N3P. The summed E-state index contributed by atoms with van der Waals surface area (Å²) < 4.78 is 5.26. The zero-order valence-corrected chi connectivity index (χ0v) is 15.2. The molecule has 0 radical (unpaired) electrons. The van der Waals surface area contributed by atoms with Gasteiger partial charge in [0.1, 0.15) is 0 Å². The van der Waals surface area contributed by atoms with E-state index in [1.807, 2.05) is 0 Å². The molecule has 1 aromatic rings. The number of rotatable bonds is 7. The smallest absolute Gasteiger partial charge is 0.0724 e. The van der Waals surface area contributed by atoms with Gasteiger partial charge < -0.3 is 4.90 Å². The van der Waals surface area contributed by atoms with Crippen molar-refractivity contribution in [3.63, 3.8) is 0 Å². The van der Waals surface area contributed by atoms with Crippen molar-refractivity contribution < 1.29 is 0 Å². The lowest BCUT2D eigenvalue weighted by Crippen LogP contribution is -2.33. The quantitative estimate of drug-likeness (QED) is 0.716. The van der Waals surface area contributed by atoms with E-state index in [2.05, 4.69) is 67.2 Å². The first kappa shape index (κ1) is 16.7. The van der Waals surface area contributed by atoms with Crippen molar-refractivity contribution in [3.05, 3.63) is 23.8 Å². The molecule has 4 heteroatoms. The lowest BCUT2D eigenvalue weighted by molar-refractivity contribution is 0.430. The zero-order chi connectivity index (χ0) is 15.4. The first-order valence-electron chi connectivity index (χ1n) is 8.30. The van der Waals surface area contributed by atoms with Crippen molar-refractivity contribution >= 4 is 19.2 Å². The second-order valence-corrected chi connectivity index (χ2v) is 7.78. The predicted molar refractivity (Wildman–Crippen MR) is 95.8 cm³/mol. The van der Waals surface area contributed by atoms with E-state index < -0.39 is 0 Å². The fourth-order valence-corrected chi connectivity index (χ4v) is 5.73. The van der Waals surface area contributed by atoms with E-state index in [0.717, 1.165) is 32.7 Å². The lowest BCUT2D eigenvalue weighted by atomic mass is 10.2. The summed E-state index contributed by atoms with van der Waals surface area (Å²) in [7, 11) is 1.84. The van der Waals surface area contributed by atoms with E-state index >= 15 is 0 Å². The molecule has 1 aromatic carbocycles. The number of fused-ring (bicyclic) bond motifs is 1. The summed E-state index contributed by atoms with van der Waals surface area (Å²) >= 11 is 0. The van der Waals surface area contributed by atoms with Crippen LogP contribution in [0.25, 0.3) is 0 Å². The van der Waals surface area contributed by atoms with Gasteiger partial charge in [0.25, 0.3) is 0 Å². The van der Waals surface area contributed by atoms with E-state index in [1.165, 1.54) is 23.0 Å². The zero-order valence-electron chi connectivity index (χ0n) is 14.3. The van der Waals surface area contributed by atoms with Gasteiger partial charge in [0.15, 0.2) is 0 Å². The van der Waals surface area contributed by atoms with Crippen LogP contribution >= 0.6 is 8.22 Å². The molecule has 1 heterocycles. The summed E-state index contributed by atoms with van der Waals surface area (Å²) in [4.78, 5) is 2.37. The van der Waals surface area contributed by atoms with Crippen LogP contribution in [0.1, 0.15) is 33.3 Å². The van der Waals surface area contributed by atoms with Crippen LogP contribution in [0, 0.1) is 0 Å². The van der Waals surface area contributed by atoms with E-state index in [-0.39, 0.29) is 8.22 Å². The Morgan fingerprint density at radius 1 is 1.00 bits per heavy atom. The fraction of sp³-hybridized carbons (Fsp3) is 0.647. The molecule has 0 fully saturated rings. The largest absolute Gasteiger partial charge is 0.374 e. The molecule has 0 bridgehead atoms. The molecule has 118 valence electrons. The maximum atomic E-state index is 2.63. The highest BCUT2D eigenvalue weighted by atomic mass is 31.1. The van der Waals surface area contributed by atoms with E-state index in [1.54, 1.807) is 0 Å². The summed E-state index contributed by atoms with van der Waals surface area (Å²) in [5, 5.41) is 1.52. The summed E-state index contributed by atoms with van der Waals surface area (Å²) in [5.41, 5.74) is 2.95. The van der Waals surface area contributed by atoms with Crippen molar-refractivity contribution in [2.45, 2.75) is 34.1 Å². The Hall–Kier alpha value is -0.630. The number of hydrogen-bond donors (Lipinski definition) is 0. The summed E-state index contributed by atoms with van der Waals surface area (Å²) in [6, 6.07) is 7.17. The van der Waals surface area contributed by atoms with Crippen LogP contribution < -0.4 is 10.2 Å². The van der Waals surface area contributed by atoms with Gasteiger partial charge in [0.2, 0.25) is 0 Å². The van der Waals surface area contributed by atoms with Crippen LogP contribution in [0.4, 0.5) is 5.69 Å². The van der Waals surface area contributed by atoms with Crippen LogP contribution in [0.2, 0.25) is 0 Å². The third-order valence-corrected chi connectivity index (χ3v) is 7.36. The Bertz CT molecular complexity index is 443. The van der Waals surface area contributed by atoms with Crippen molar-refractivity contribution in [2.24, 2.45) is 0 Å². The van der Waals surface area contributed by atoms with E-state index in [9.17, 15) is 0 Å². The minimum Gasteiger partial charge on any atom is -0.374 e. The highest BCUT2D eigenvalue weighted by Gasteiger charge is 2.25. The first-order valence-corrected chi connectivity index (χ1v) is 9.54. The predicted octanol–water partition coefficient (Wildman–Crippen LogP) is 3.30. The molecule has 0 atom stereocenters. The second-order valence-electron chi connectivity index (χ2n) is 5.55. The highest BCUT2D eigenvalue weighted by molar-refractivity contribution is 7.61. The van der Waals surface area contributed by atoms with Crippen molar-refractivity contribution in [2.75, 3.05) is 44.7 Å². The van der Waals surface area contributed by atoms with Crippen LogP contribution in [-0.2, 0) is 6.42 Å². The molecule has 1 aliphatic rings. The monoisotopic (exact) mass is 307 g/mol. The Morgan fingerprint density at radius 2 is 1.57 bits per heavy atom. The Kier molecular flexibility index (Phi) is 6.04. The number of likely N-dealkylation sites (N-methyl/N-ethyl adjacent to an activating group) is 1. The summed E-state index contributed by atoms with van der Waals surface area (Å²) in [6.07, 6.45) is 1.19. The standard InChI is InChI=1S/C17H30N3P/c1-6-19(7-2)21(20(8-3)9-4)16-10-11-17-15(14-16)12-13-18(17)5/h10-11,14H,6-9,12-13H2,1-5H3. The third-order valence-electron chi connectivity index (χ3n) is 4.42. The Labute approximate surface area is 131 Å². The number of benzene rings is 1. The lowest BCUT2D eigenvalue weighted by Gasteiger charge is -2.38. The highest BCUT2D eigenvalue weighted by Crippen LogP contribution is 2.43. The maximum Gasteiger partial charge on any atom is 0.0724 e. The first-order chi connectivity index (χ1) is 10.2. The van der Waals surface area contributed by atoms with Crippen LogP contribution in [-0.4, -0.2) is 49.1 Å². The molecule has 0 saturated carbocycles. The minimum absolute atomic E-state index is 0.356. The van der Waals surface area contributed by atoms with Gasteiger partial charge in [-0.05, 0) is 30.2 Å². The molecule has 0 aliphatic carbocycles. The van der Waals surface area contributed by atoms with Gasteiger partial charge in [-0.2, -0.15) is 0 Å². The van der Waals surface area contributed by atoms with E-state index in [0.29, 0.717) is 0 Å². The van der Waals surface area contributed by atoms with Gasteiger partial charge in [0, 0.05) is 50.8 Å². The molecule has 21 heavy (non-hydrogen) atoms. The minimum atomic E-state index is -0.356. The van der Waals surface area contributed by atoms with Gasteiger partial charge >= 0.3 is 0 Å². The maximum absolute atomic E-state index is 2.63. The number of hydrogen-bond acceptors (Lipinski definition) is 3. The molecule has 1 aliphatic heterocycles. The fourth-order valence-electron chi connectivity index (χ4n) is 3.17. The molecule has 2 rings (SSSR count). The van der Waals surface area contributed by atoms with E-state index in [4.69, 9.17) is 0 Å². The van der Waals surface area contributed by atoms with Crippen molar-refractivity contribution in [1.82, 2.24) is 9.34 Å². The molecule has 3 nitrogen and oxygen atoms in total. The average Bonchev–Trinajstić information content (AvgIpc) is 2.88.